The quantitative estimate of drug-likeness (QED) is 0.766. The van der Waals surface area contributed by atoms with Crippen LogP contribution in [0.1, 0.15) is 19.3 Å². The minimum atomic E-state index is -0.682. The largest absolute Gasteiger partial charge is 0.480 e. The van der Waals surface area contributed by atoms with Gasteiger partial charge in [0.1, 0.15) is 6.04 Å². The van der Waals surface area contributed by atoms with E-state index in [0.717, 1.165) is 52.2 Å². The topological polar surface area (TPSA) is 53.0 Å². The molecule has 5 nitrogen and oxygen atoms in total. The van der Waals surface area contributed by atoms with Crippen molar-refractivity contribution in [2.24, 2.45) is 0 Å². The maximum atomic E-state index is 11.4. The zero-order valence-electron chi connectivity index (χ0n) is 10.3. The predicted molar refractivity (Wildman–Crippen MR) is 64.1 cm³/mol. The summed E-state index contributed by atoms with van der Waals surface area (Å²) in [5.41, 5.74) is 0. The maximum absolute atomic E-state index is 11.4. The van der Waals surface area contributed by atoms with E-state index in [-0.39, 0.29) is 6.04 Å². The lowest BCUT2D eigenvalue weighted by atomic mass is 10.1. The Morgan fingerprint density at radius 2 is 1.76 bits per heavy atom. The number of nitrogens with zero attached hydrogens (tertiary/aromatic N) is 2. The van der Waals surface area contributed by atoms with Crippen LogP contribution in [0.4, 0.5) is 0 Å². The van der Waals surface area contributed by atoms with Crippen molar-refractivity contribution >= 4 is 5.97 Å². The van der Waals surface area contributed by atoms with Crippen LogP contribution in [0.2, 0.25) is 0 Å². The van der Waals surface area contributed by atoms with Crippen molar-refractivity contribution in [2.75, 3.05) is 45.9 Å². The summed E-state index contributed by atoms with van der Waals surface area (Å²) in [6.45, 7) is 5.68. The number of hydrogen-bond acceptors (Lipinski definition) is 4. The number of rotatable bonds is 4. The molecule has 0 bridgehead atoms. The van der Waals surface area contributed by atoms with Crippen LogP contribution in [0.3, 0.4) is 0 Å². The molecule has 1 N–H and O–H groups in total. The van der Waals surface area contributed by atoms with E-state index in [1.165, 1.54) is 6.42 Å². The maximum Gasteiger partial charge on any atom is 0.322 e. The predicted octanol–water partition coefficient (Wildman–Crippen LogP) is 0.258. The molecule has 2 fully saturated rings. The minimum absolute atomic E-state index is 0.339. The lowest BCUT2D eigenvalue weighted by Gasteiger charge is -2.36. The zero-order chi connectivity index (χ0) is 12.1. The molecule has 0 aliphatic carbocycles. The lowest BCUT2D eigenvalue weighted by molar-refractivity contribution is -0.145. The van der Waals surface area contributed by atoms with Crippen LogP contribution in [-0.2, 0) is 9.53 Å². The number of hydrogen-bond donors (Lipinski definition) is 1. The molecule has 5 heteroatoms. The van der Waals surface area contributed by atoms with Crippen molar-refractivity contribution in [3.05, 3.63) is 0 Å². The Labute approximate surface area is 102 Å². The molecule has 1 unspecified atom stereocenters. The highest BCUT2D eigenvalue weighted by Crippen LogP contribution is 2.14. The van der Waals surface area contributed by atoms with Crippen LogP contribution < -0.4 is 0 Å². The van der Waals surface area contributed by atoms with Crippen molar-refractivity contribution in [2.45, 2.75) is 25.3 Å². The number of morpholine rings is 1. The van der Waals surface area contributed by atoms with E-state index in [2.05, 4.69) is 9.80 Å². The number of carbonyl (C=O) groups is 1. The van der Waals surface area contributed by atoms with Gasteiger partial charge in [0, 0.05) is 19.6 Å². The molecule has 17 heavy (non-hydrogen) atoms. The van der Waals surface area contributed by atoms with Crippen LogP contribution in [0.15, 0.2) is 0 Å². The van der Waals surface area contributed by atoms with Gasteiger partial charge >= 0.3 is 5.97 Å². The van der Waals surface area contributed by atoms with Gasteiger partial charge in [-0.2, -0.15) is 0 Å². The van der Waals surface area contributed by atoms with Crippen LogP contribution in [0, 0.1) is 0 Å². The van der Waals surface area contributed by atoms with Gasteiger partial charge in [0.05, 0.1) is 13.2 Å². The number of likely N-dealkylation sites (tertiary alicyclic amines) is 1. The van der Waals surface area contributed by atoms with Gasteiger partial charge in [-0.15, -0.1) is 0 Å². The Morgan fingerprint density at radius 1 is 1.12 bits per heavy atom. The van der Waals surface area contributed by atoms with Crippen LogP contribution in [0.5, 0.6) is 0 Å². The van der Waals surface area contributed by atoms with E-state index >= 15 is 0 Å². The van der Waals surface area contributed by atoms with Gasteiger partial charge in [-0.3, -0.25) is 14.6 Å². The first kappa shape index (κ1) is 12.8. The summed E-state index contributed by atoms with van der Waals surface area (Å²) < 4.78 is 5.28. The second kappa shape index (κ2) is 6.33. The first-order chi connectivity index (χ1) is 8.27. The van der Waals surface area contributed by atoms with E-state index in [9.17, 15) is 9.90 Å². The fourth-order valence-electron chi connectivity index (χ4n) is 2.61. The zero-order valence-corrected chi connectivity index (χ0v) is 10.3. The Kier molecular flexibility index (Phi) is 4.76. The third-order valence-corrected chi connectivity index (χ3v) is 3.65. The highest BCUT2D eigenvalue weighted by atomic mass is 16.5. The van der Waals surface area contributed by atoms with Crippen LogP contribution >= 0.6 is 0 Å². The molecule has 0 saturated carbocycles. The average Bonchev–Trinajstić information content (AvgIpc) is 2.38. The summed E-state index contributed by atoms with van der Waals surface area (Å²) in [6.07, 6.45) is 3.50. The number of ether oxygens (including phenoxy) is 1. The van der Waals surface area contributed by atoms with Gasteiger partial charge in [0.25, 0.3) is 0 Å². The molecule has 0 aromatic carbocycles. The first-order valence-corrected chi connectivity index (χ1v) is 6.54. The molecule has 0 aromatic rings. The number of carboxylic acids is 1. The highest BCUT2D eigenvalue weighted by Gasteiger charge is 2.29. The van der Waals surface area contributed by atoms with Gasteiger partial charge in [0.2, 0.25) is 0 Å². The number of piperidine rings is 1. The van der Waals surface area contributed by atoms with Gasteiger partial charge in [-0.05, 0) is 25.9 Å². The Hall–Kier alpha value is -0.650. The molecule has 1 atom stereocenters. The molecule has 2 heterocycles. The van der Waals surface area contributed by atoms with E-state index in [4.69, 9.17) is 4.74 Å². The molecule has 0 radical (unpaired) electrons. The summed E-state index contributed by atoms with van der Waals surface area (Å²) in [4.78, 5) is 15.7. The van der Waals surface area contributed by atoms with E-state index in [0.29, 0.717) is 6.54 Å². The van der Waals surface area contributed by atoms with E-state index < -0.39 is 5.97 Å². The summed E-state index contributed by atoms with van der Waals surface area (Å²) in [6, 6.07) is -0.339. The monoisotopic (exact) mass is 242 g/mol. The fourth-order valence-corrected chi connectivity index (χ4v) is 2.61. The second-order valence-corrected chi connectivity index (χ2v) is 4.86. The van der Waals surface area contributed by atoms with E-state index in [1.807, 2.05) is 0 Å². The van der Waals surface area contributed by atoms with E-state index in [1.54, 1.807) is 0 Å². The molecule has 2 rings (SSSR count). The molecule has 98 valence electrons. The summed E-state index contributed by atoms with van der Waals surface area (Å²) >= 11 is 0. The summed E-state index contributed by atoms with van der Waals surface area (Å²) in [5, 5.41) is 9.36. The third-order valence-electron chi connectivity index (χ3n) is 3.65. The summed E-state index contributed by atoms with van der Waals surface area (Å²) in [5.74, 6) is -0.682. The first-order valence-electron chi connectivity index (χ1n) is 6.54. The van der Waals surface area contributed by atoms with Crippen molar-refractivity contribution < 1.29 is 14.6 Å². The Balaban J connectivity index is 1.88. The number of carboxylic acid groups (broad SMARTS) is 1. The van der Waals surface area contributed by atoms with Gasteiger partial charge in [-0.1, -0.05) is 6.42 Å². The average molecular weight is 242 g/mol. The van der Waals surface area contributed by atoms with Crippen molar-refractivity contribution in [1.29, 1.82) is 0 Å². The lowest BCUT2D eigenvalue weighted by Crippen LogP contribution is -2.52. The molecule has 2 aliphatic heterocycles. The minimum Gasteiger partial charge on any atom is -0.480 e. The molecule has 0 spiro atoms. The van der Waals surface area contributed by atoms with Gasteiger partial charge in [0.15, 0.2) is 0 Å². The van der Waals surface area contributed by atoms with Crippen LogP contribution in [0.25, 0.3) is 0 Å². The second-order valence-electron chi connectivity index (χ2n) is 4.86. The van der Waals surface area contributed by atoms with Gasteiger partial charge in [-0.25, -0.2) is 0 Å². The van der Waals surface area contributed by atoms with Crippen LogP contribution in [-0.4, -0.2) is 72.9 Å². The molecular weight excluding hydrogens is 220 g/mol. The normalized spacial score (nSPS) is 25.6. The Morgan fingerprint density at radius 3 is 2.35 bits per heavy atom. The smallest absolute Gasteiger partial charge is 0.322 e. The van der Waals surface area contributed by atoms with Gasteiger partial charge < -0.3 is 9.84 Å². The number of aliphatic carboxylic acids is 1. The molecule has 2 saturated heterocycles. The fraction of sp³-hybridized carbons (Fsp3) is 0.917. The Bertz CT molecular complexity index is 248. The third kappa shape index (κ3) is 3.66. The van der Waals surface area contributed by atoms with Crippen molar-refractivity contribution in [3.8, 4) is 0 Å². The van der Waals surface area contributed by atoms with Crippen molar-refractivity contribution in [3.63, 3.8) is 0 Å². The molecule has 2 aliphatic rings. The molecule has 0 aromatic heterocycles. The highest BCUT2D eigenvalue weighted by molar-refractivity contribution is 5.73. The standard InChI is InChI=1S/C12H22N2O3/c15-12(16)11(14-4-2-1-3-5-14)10-13-6-8-17-9-7-13/h11H,1-10H2,(H,15,16). The SMILES string of the molecule is O=C(O)C(CN1CCOCC1)N1CCCCC1. The molecular formula is C12H22N2O3. The van der Waals surface area contributed by atoms with Crippen molar-refractivity contribution in [1.82, 2.24) is 9.80 Å². The summed E-state index contributed by atoms with van der Waals surface area (Å²) in [7, 11) is 0. The molecule has 0 amide bonds.